The van der Waals surface area contributed by atoms with Crippen LogP contribution in [0.2, 0.25) is 0 Å². The highest BCUT2D eigenvalue weighted by Gasteiger charge is 2.39. The van der Waals surface area contributed by atoms with Gasteiger partial charge >= 0.3 is 6.18 Å². The molecule has 2 aliphatic rings. The van der Waals surface area contributed by atoms with Crippen molar-refractivity contribution < 1.29 is 22.6 Å². The SMILES string of the molecule is Cn1c2ccncc2c2ccc(-c3cnc(O[C@H]4C[C@H](OC5CCNCC5)C4)c(C(F)(F)F)c3)cc21. The third-order valence-electron chi connectivity index (χ3n) is 7.30. The van der Waals surface area contributed by atoms with Crippen molar-refractivity contribution in [1.29, 1.82) is 0 Å². The average molecular weight is 497 g/mol. The number of nitrogens with one attached hydrogen (secondary N) is 1. The van der Waals surface area contributed by atoms with Crippen LogP contribution in [-0.2, 0) is 18.0 Å². The molecule has 9 heteroatoms. The molecule has 0 unspecified atom stereocenters. The maximum Gasteiger partial charge on any atom is 0.421 e. The van der Waals surface area contributed by atoms with Crippen molar-refractivity contribution in [2.24, 2.45) is 7.05 Å². The Morgan fingerprint density at radius 3 is 2.50 bits per heavy atom. The molecule has 0 spiro atoms. The number of rotatable bonds is 5. The van der Waals surface area contributed by atoms with E-state index in [-0.39, 0.29) is 24.2 Å². The van der Waals surface area contributed by atoms with E-state index in [1.54, 1.807) is 12.4 Å². The number of hydrogen-bond acceptors (Lipinski definition) is 5. The zero-order valence-electron chi connectivity index (χ0n) is 19.9. The molecule has 0 bridgehead atoms. The van der Waals surface area contributed by atoms with E-state index in [1.807, 2.05) is 35.9 Å². The van der Waals surface area contributed by atoms with Gasteiger partial charge < -0.3 is 19.4 Å². The predicted molar refractivity (Wildman–Crippen MR) is 131 cm³/mol. The third kappa shape index (κ3) is 4.30. The summed E-state index contributed by atoms with van der Waals surface area (Å²) in [5.41, 5.74) is 2.12. The molecule has 36 heavy (non-hydrogen) atoms. The predicted octanol–water partition coefficient (Wildman–Crippen LogP) is 5.49. The summed E-state index contributed by atoms with van der Waals surface area (Å²) in [4.78, 5) is 8.32. The first-order chi connectivity index (χ1) is 17.4. The molecule has 1 saturated heterocycles. The lowest BCUT2D eigenvalue weighted by Gasteiger charge is -2.38. The lowest BCUT2D eigenvalue weighted by molar-refractivity contribution is -0.142. The van der Waals surface area contributed by atoms with Gasteiger partial charge in [0, 0.05) is 60.3 Å². The van der Waals surface area contributed by atoms with Crippen LogP contribution < -0.4 is 10.1 Å². The molecule has 0 radical (unpaired) electrons. The van der Waals surface area contributed by atoms with E-state index in [9.17, 15) is 13.2 Å². The highest BCUT2D eigenvalue weighted by molar-refractivity contribution is 6.08. The largest absolute Gasteiger partial charge is 0.474 e. The van der Waals surface area contributed by atoms with Crippen molar-refractivity contribution in [1.82, 2.24) is 19.9 Å². The molecule has 6 nitrogen and oxygen atoms in total. The van der Waals surface area contributed by atoms with Crippen LogP contribution in [0, 0.1) is 0 Å². The molecule has 3 aromatic heterocycles. The standard InChI is InChI=1S/C27H27F3N4O2/c1-34-24-6-9-32-15-22(24)21-3-2-16(11-25(21)34)17-10-23(27(28,29)30)26(33-14-17)36-20-12-19(13-20)35-18-4-7-31-8-5-18/h2-3,6,9-11,14-15,18-20,31H,4-5,7-8,12-13H2,1H3/t19-,20-. The third-order valence-corrected chi connectivity index (χ3v) is 7.30. The molecule has 1 aliphatic carbocycles. The van der Waals surface area contributed by atoms with Crippen LogP contribution in [0.1, 0.15) is 31.2 Å². The van der Waals surface area contributed by atoms with Gasteiger partial charge in [0.2, 0.25) is 5.88 Å². The van der Waals surface area contributed by atoms with Gasteiger partial charge in [-0.15, -0.1) is 0 Å². The van der Waals surface area contributed by atoms with E-state index in [0.29, 0.717) is 24.0 Å². The average Bonchev–Trinajstić information content (AvgIpc) is 3.14. The Morgan fingerprint density at radius 2 is 1.72 bits per heavy atom. The molecular weight excluding hydrogens is 469 g/mol. The van der Waals surface area contributed by atoms with Gasteiger partial charge in [-0.1, -0.05) is 12.1 Å². The van der Waals surface area contributed by atoms with Crippen molar-refractivity contribution in [3.8, 4) is 17.0 Å². The van der Waals surface area contributed by atoms with Crippen molar-refractivity contribution in [3.05, 3.63) is 54.5 Å². The van der Waals surface area contributed by atoms with E-state index in [4.69, 9.17) is 9.47 Å². The molecular formula is C27H27F3N4O2. The lowest BCUT2D eigenvalue weighted by atomic mass is 9.91. The number of pyridine rings is 2. The van der Waals surface area contributed by atoms with E-state index in [1.165, 1.54) is 6.20 Å². The summed E-state index contributed by atoms with van der Waals surface area (Å²) in [6, 6.07) is 8.69. The number of aromatic nitrogens is 3. The number of fused-ring (bicyclic) bond motifs is 3. The molecule has 0 amide bonds. The molecule has 1 aromatic carbocycles. The first-order valence-electron chi connectivity index (χ1n) is 12.3. The molecule has 1 N–H and O–H groups in total. The molecule has 1 saturated carbocycles. The van der Waals surface area contributed by atoms with Crippen LogP contribution >= 0.6 is 0 Å². The fraction of sp³-hybridized carbons (Fsp3) is 0.407. The number of ether oxygens (including phenoxy) is 2. The van der Waals surface area contributed by atoms with Gasteiger partial charge in [0.05, 0.1) is 17.7 Å². The molecule has 0 atom stereocenters. The van der Waals surface area contributed by atoms with Gasteiger partial charge in [0.1, 0.15) is 11.7 Å². The van der Waals surface area contributed by atoms with Crippen LogP contribution in [0.15, 0.2) is 48.9 Å². The number of benzene rings is 1. The first kappa shape index (κ1) is 23.2. The summed E-state index contributed by atoms with van der Waals surface area (Å²) >= 11 is 0. The van der Waals surface area contributed by atoms with E-state index >= 15 is 0 Å². The lowest BCUT2D eigenvalue weighted by Crippen LogP contribution is -2.44. The minimum Gasteiger partial charge on any atom is -0.474 e. The number of aryl methyl sites for hydroxylation is 1. The molecule has 188 valence electrons. The fourth-order valence-electron chi connectivity index (χ4n) is 5.23. The van der Waals surface area contributed by atoms with Gasteiger partial charge in [0.15, 0.2) is 0 Å². The van der Waals surface area contributed by atoms with E-state index in [2.05, 4.69) is 15.3 Å². The summed E-state index contributed by atoms with van der Waals surface area (Å²) < 4.78 is 55.8. The van der Waals surface area contributed by atoms with Gasteiger partial charge in [-0.3, -0.25) is 4.98 Å². The Kier molecular flexibility index (Phi) is 5.84. The summed E-state index contributed by atoms with van der Waals surface area (Å²) in [5, 5.41) is 5.30. The van der Waals surface area contributed by atoms with Crippen LogP contribution in [0.25, 0.3) is 32.9 Å². The molecule has 4 heterocycles. The molecule has 2 fully saturated rings. The van der Waals surface area contributed by atoms with Crippen LogP contribution in [0.3, 0.4) is 0 Å². The fourth-order valence-corrected chi connectivity index (χ4v) is 5.23. The Morgan fingerprint density at radius 1 is 0.917 bits per heavy atom. The molecule has 6 rings (SSSR count). The zero-order chi connectivity index (χ0) is 24.9. The Bertz CT molecular complexity index is 1410. The van der Waals surface area contributed by atoms with Crippen LogP contribution in [0.4, 0.5) is 13.2 Å². The smallest absolute Gasteiger partial charge is 0.421 e. The maximum atomic E-state index is 14.0. The summed E-state index contributed by atoms with van der Waals surface area (Å²) in [6.45, 7) is 1.88. The second-order valence-corrected chi connectivity index (χ2v) is 9.68. The quantitative estimate of drug-likeness (QED) is 0.396. The van der Waals surface area contributed by atoms with Gasteiger partial charge in [-0.25, -0.2) is 4.98 Å². The minimum absolute atomic E-state index is 0.0365. The van der Waals surface area contributed by atoms with Crippen LogP contribution in [-0.4, -0.2) is 45.9 Å². The van der Waals surface area contributed by atoms with E-state index in [0.717, 1.165) is 53.8 Å². The normalized spacial score (nSPS) is 21.1. The number of halogens is 3. The van der Waals surface area contributed by atoms with Crippen molar-refractivity contribution in [2.75, 3.05) is 13.1 Å². The number of alkyl halides is 3. The number of hydrogen-bond donors (Lipinski definition) is 1. The maximum absolute atomic E-state index is 14.0. The number of nitrogens with zero attached hydrogens (tertiary/aromatic N) is 3. The van der Waals surface area contributed by atoms with Crippen molar-refractivity contribution >= 4 is 21.8 Å². The van der Waals surface area contributed by atoms with Crippen molar-refractivity contribution in [3.63, 3.8) is 0 Å². The topological polar surface area (TPSA) is 61.2 Å². The minimum atomic E-state index is -4.58. The Balaban J connectivity index is 1.23. The Hall–Kier alpha value is -3.17. The second-order valence-electron chi connectivity index (χ2n) is 9.68. The van der Waals surface area contributed by atoms with Crippen LogP contribution in [0.5, 0.6) is 5.88 Å². The summed E-state index contributed by atoms with van der Waals surface area (Å²) in [6.07, 6.45) is 3.42. The van der Waals surface area contributed by atoms with Gasteiger partial charge in [-0.05, 0) is 49.7 Å². The molecule has 4 aromatic rings. The zero-order valence-corrected chi connectivity index (χ0v) is 19.9. The number of piperidine rings is 1. The molecule has 1 aliphatic heterocycles. The second kappa shape index (κ2) is 9.05. The summed E-state index contributed by atoms with van der Waals surface area (Å²) in [5.74, 6) is -0.367. The first-order valence-corrected chi connectivity index (χ1v) is 12.3. The van der Waals surface area contributed by atoms with Crippen molar-refractivity contribution in [2.45, 2.75) is 50.2 Å². The highest BCUT2D eigenvalue weighted by Crippen LogP contribution is 2.40. The van der Waals surface area contributed by atoms with Gasteiger partial charge in [-0.2, -0.15) is 13.2 Å². The monoisotopic (exact) mass is 496 g/mol. The summed E-state index contributed by atoms with van der Waals surface area (Å²) in [7, 11) is 1.94. The highest BCUT2D eigenvalue weighted by atomic mass is 19.4. The Labute approximate surface area is 206 Å². The van der Waals surface area contributed by atoms with Gasteiger partial charge in [0.25, 0.3) is 0 Å². The van der Waals surface area contributed by atoms with E-state index < -0.39 is 11.7 Å².